The summed E-state index contributed by atoms with van der Waals surface area (Å²) in [4.78, 5) is 10.5. The third-order valence-corrected chi connectivity index (χ3v) is 2.08. The first-order valence-corrected chi connectivity index (χ1v) is 4.67. The average Bonchev–Trinajstić information content (AvgIpc) is 2.10. The molecule has 0 radical (unpaired) electrons. The van der Waals surface area contributed by atoms with E-state index in [1.807, 2.05) is 0 Å². The van der Waals surface area contributed by atoms with E-state index in [9.17, 15) is 13.6 Å². The van der Waals surface area contributed by atoms with Crippen LogP contribution >= 0.6 is 0 Å². The minimum Gasteiger partial charge on any atom is -0.481 e. The van der Waals surface area contributed by atoms with Crippen molar-refractivity contribution in [2.45, 2.75) is 26.9 Å². The molecule has 0 saturated carbocycles. The Hall–Kier alpha value is -1.65. The van der Waals surface area contributed by atoms with Crippen molar-refractivity contribution >= 4 is 5.97 Å². The molecule has 0 aliphatic carbocycles. The van der Waals surface area contributed by atoms with Gasteiger partial charge >= 0.3 is 12.6 Å². The number of hydrogen-bond donors (Lipinski definition) is 1. The van der Waals surface area contributed by atoms with Crippen LogP contribution in [-0.2, 0) is 11.2 Å². The zero-order valence-corrected chi connectivity index (χ0v) is 8.96. The molecule has 0 atom stereocenters. The van der Waals surface area contributed by atoms with Gasteiger partial charge in [-0.2, -0.15) is 8.78 Å². The summed E-state index contributed by atoms with van der Waals surface area (Å²) >= 11 is 0. The first kappa shape index (κ1) is 12.4. The van der Waals surface area contributed by atoms with Crippen LogP contribution in [-0.4, -0.2) is 17.7 Å². The predicted molar refractivity (Wildman–Crippen MR) is 53.9 cm³/mol. The van der Waals surface area contributed by atoms with E-state index < -0.39 is 12.6 Å². The standard InChI is InChI=1S/C11H12F2O3/c1-6-3-8(5-9(14)15)4-7(2)10(6)16-11(12)13/h3-4,11H,5H2,1-2H3,(H,14,15). The molecule has 1 aromatic carbocycles. The van der Waals surface area contributed by atoms with Crippen LogP contribution in [0.25, 0.3) is 0 Å². The van der Waals surface area contributed by atoms with Crippen LogP contribution in [0.15, 0.2) is 12.1 Å². The quantitative estimate of drug-likeness (QED) is 0.864. The zero-order chi connectivity index (χ0) is 12.3. The maximum atomic E-state index is 12.1. The van der Waals surface area contributed by atoms with Crippen molar-refractivity contribution in [3.05, 3.63) is 28.8 Å². The van der Waals surface area contributed by atoms with E-state index in [1.165, 1.54) is 0 Å². The topological polar surface area (TPSA) is 46.5 Å². The van der Waals surface area contributed by atoms with Crippen molar-refractivity contribution in [2.24, 2.45) is 0 Å². The van der Waals surface area contributed by atoms with Crippen molar-refractivity contribution in [3.63, 3.8) is 0 Å². The number of alkyl halides is 2. The molecule has 0 unspecified atom stereocenters. The summed E-state index contributed by atoms with van der Waals surface area (Å²) in [7, 11) is 0. The molecular weight excluding hydrogens is 218 g/mol. The van der Waals surface area contributed by atoms with Gasteiger partial charge in [0, 0.05) is 0 Å². The Labute approximate surface area is 91.7 Å². The van der Waals surface area contributed by atoms with Crippen molar-refractivity contribution < 1.29 is 23.4 Å². The molecule has 0 aromatic heterocycles. The monoisotopic (exact) mass is 230 g/mol. The van der Waals surface area contributed by atoms with Crippen LogP contribution in [0.2, 0.25) is 0 Å². The van der Waals surface area contributed by atoms with Gasteiger partial charge in [0.05, 0.1) is 6.42 Å². The van der Waals surface area contributed by atoms with Crippen LogP contribution in [0.1, 0.15) is 16.7 Å². The third kappa shape index (κ3) is 3.18. The normalized spacial score (nSPS) is 10.6. The van der Waals surface area contributed by atoms with E-state index in [1.54, 1.807) is 26.0 Å². The highest BCUT2D eigenvalue weighted by molar-refractivity contribution is 5.70. The van der Waals surface area contributed by atoms with Gasteiger partial charge in [0.2, 0.25) is 0 Å². The second-order valence-electron chi connectivity index (χ2n) is 3.51. The maximum absolute atomic E-state index is 12.1. The highest BCUT2D eigenvalue weighted by Crippen LogP contribution is 2.26. The molecule has 0 heterocycles. The van der Waals surface area contributed by atoms with Crippen LogP contribution < -0.4 is 4.74 Å². The number of hydrogen-bond acceptors (Lipinski definition) is 2. The van der Waals surface area contributed by atoms with Crippen molar-refractivity contribution in [1.82, 2.24) is 0 Å². The molecule has 0 aliphatic rings. The predicted octanol–water partition coefficient (Wildman–Crippen LogP) is 2.53. The van der Waals surface area contributed by atoms with Crippen LogP contribution in [0.5, 0.6) is 5.75 Å². The summed E-state index contributed by atoms with van der Waals surface area (Å²) in [5.41, 5.74) is 1.59. The van der Waals surface area contributed by atoms with Gasteiger partial charge in [-0.15, -0.1) is 0 Å². The molecule has 5 heteroatoms. The lowest BCUT2D eigenvalue weighted by Crippen LogP contribution is -2.07. The second kappa shape index (κ2) is 4.92. The van der Waals surface area contributed by atoms with E-state index in [0.29, 0.717) is 16.7 Å². The maximum Gasteiger partial charge on any atom is 0.387 e. The number of aliphatic carboxylic acids is 1. The Morgan fingerprint density at radius 3 is 2.25 bits per heavy atom. The van der Waals surface area contributed by atoms with E-state index in [0.717, 1.165) is 0 Å². The smallest absolute Gasteiger partial charge is 0.387 e. The fourth-order valence-electron chi connectivity index (χ4n) is 1.59. The number of carbonyl (C=O) groups is 1. The fraction of sp³-hybridized carbons (Fsp3) is 0.364. The number of carboxylic acids is 1. The molecule has 0 fully saturated rings. The van der Waals surface area contributed by atoms with Gasteiger partial charge in [0.25, 0.3) is 0 Å². The highest BCUT2D eigenvalue weighted by atomic mass is 19.3. The molecule has 0 saturated heterocycles. The average molecular weight is 230 g/mol. The van der Waals surface area contributed by atoms with Gasteiger partial charge in [0.15, 0.2) is 0 Å². The van der Waals surface area contributed by atoms with Crippen molar-refractivity contribution in [2.75, 3.05) is 0 Å². The number of halogens is 2. The number of aryl methyl sites for hydroxylation is 2. The SMILES string of the molecule is Cc1cc(CC(=O)O)cc(C)c1OC(F)F. The van der Waals surface area contributed by atoms with E-state index in [2.05, 4.69) is 4.74 Å². The molecule has 1 rings (SSSR count). The lowest BCUT2D eigenvalue weighted by atomic mass is 10.0. The number of carboxylic acid groups (broad SMARTS) is 1. The third-order valence-electron chi connectivity index (χ3n) is 2.08. The fourth-order valence-corrected chi connectivity index (χ4v) is 1.59. The largest absolute Gasteiger partial charge is 0.481 e. The second-order valence-corrected chi connectivity index (χ2v) is 3.51. The number of rotatable bonds is 4. The first-order valence-electron chi connectivity index (χ1n) is 4.67. The summed E-state index contributed by atoms with van der Waals surface area (Å²) in [6, 6.07) is 3.08. The summed E-state index contributed by atoms with van der Waals surface area (Å²) in [6.45, 7) is 0.342. The summed E-state index contributed by atoms with van der Waals surface area (Å²) in [6.07, 6.45) is -0.128. The van der Waals surface area contributed by atoms with Crippen molar-refractivity contribution in [1.29, 1.82) is 0 Å². The Morgan fingerprint density at radius 1 is 1.38 bits per heavy atom. The molecule has 0 aliphatic heterocycles. The molecule has 88 valence electrons. The lowest BCUT2D eigenvalue weighted by molar-refractivity contribution is -0.136. The highest BCUT2D eigenvalue weighted by Gasteiger charge is 2.12. The van der Waals surface area contributed by atoms with Crippen LogP contribution in [0, 0.1) is 13.8 Å². The lowest BCUT2D eigenvalue weighted by Gasteiger charge is -2.12. The van der Waals surface area contributed by atoms with E-state index in [-0.39, 0.29) is 12.2 Å². The summed E-state index contributed by atoms with van der Waals surface area (Å²) in [5, 5.41) is 8.61. The molecule has 16 heavy (non-hydrogen) atoms. The Bertz CT molecular complexity index is 379. The van der Waals surface area contributed by atoms with Gasteiger partial charge in [-0.05, 0) is 30.5 Å². The minimum atomic E-state index is -2.87. The van der Waals surface area contributed by atoms with Crippen molar-refractivity contribution in [3.8, 4) is 5.75 Å². The minimum absolute atomic E-state index is 0.115. The van der Waals surface area contributed by atoms with Crippen LogP contribution in [0.3, 0.4) is 0 Å². The van der Waals surface area contributed by atoms with E-state index >= 15 is 0 Å². The molecule has 1 aromatic rings. The molecule has 3 nitrogen and oxygen atoms in total. The van der Waals surface area contributed by atoms with Gasteiger partial charge in [-0.1, -0.05) is 12.1 Å². The molecule has 0 bridgehead atoms. The van der Waals surface area contributed by atoms with Gasteiger partial charge in [-0.25, -0.2) is 0 Å². The first-order chi connectivity index (χ1) is 7.40. The molecular formula is C11H12F2O3. The zero-order valence-electron chi connectivity index (χ0n) is 8.96. The molecule has 1 N–H and O–H groups in total. The van der Waals surface area contributed by atoms with Gasteiger partial charge < -0.3 is 9.84 Å². The van der Waals surface area contributed by atoms with Gasteiger partial charge in [0.1, 0.15) is 5.75 Å². The number of benzene rings is 1. The molecule has 0 amide bonds. The Balaban J connectivity index is 3.02. The number of ether oxygens (including phenoxy) is 1. The molecule has 0 spiro atoms. The van der Waals surface area contributed by atoms with E-state index in [4.69, 9.17) is 5.11 Å². The van der Waals surface area contributed by atoms with Gasteiger partial charge in [-0.3, -0.25) is 4.79 Å². The Kier molecular flexibility index (Phi) is 3.82. The summed E-state index contributed by atoms with van der Waals surface area (Å²) in [5.74, 6) is -0.842. The Morgan fingerprint density at radius 2 is 1.88 bits per heavy atom. The summed E-state index contributed by atoms with van der Waals surface area (Å²) < 4.78 is 28.5. The van der Waals surface area contributed by atoms with Crippen LogP contribution in [0.4, 0.5) is 8.78 Å².